The molecule has 0 aromatic heterocycles. The molecular weight excluding hydrogens is 370 g/mol. The molecule has 0 radical (unpaired) electrons. The minimum atomic E-state index is -3.60. The lowest BCUT2D eigenvalue weighted by molar-refractivity contribution is -0.169. The van der Waals surface area contributed by atoms with E-state index in [9.17, 15) is 18.4 Å². The van der Waals surface area contributed by atoms with E-state index in [1.165, 1.54) is 0 Å². The number of hydrogen-bond donors (Lipinski definition) is 1. The van der Waals surface area contributed by atoms with Crippen LogP contribution < -0.4 is 4.74 Å². The SMILES string of the molecule is O=C(C1CCOCC1)N(O)CS(=O)(=O)CCCOc1ccc(Cl)cc1. The van der Waals surface area contributed by atoms with Crippen LogP contribution in [-0.2, 0) is 19.4 Å². The second-order valence-electron chi connectivity index (χ2n) is 5.86. The molecule has 25 heavy (non-hydrogen) atoms. The highest BCUT2D eigenvalue weighted by atomic mass is 35.5. The second-order valence-corrected chi connectivity index (χ2v) is 8.45. The summed E-state index contributed by atoms with van der Waals surface area (Å²) in [4.78, 5) is 12.0. The van der Waals surface area contributed by atoms with E-state index >= 15 is 0 Å². The van der Waals surface area contributed by atoms with Crippen molar-refractivity contribution in [2.75, 3.05) is 31.5 Å². The van der Waals surface area contributed by atoms with E-state index in [2.05, 4.69) is 0 Å². The summed E-state index contributed by atoms with van der Waals surface area (Å²) in [5.41, 5.74) is 0. The zero-order valence-electron chi connectivity index (χ0n) is 13.8. The molecule has 1 saturated heterocycles. The van der Waals surface area contributed by atoms with E-state index in [-0.39, 0.29) is 24.7 Å². The standard InChI is InChI=1S/C16H22ClNO6S/c17-14-2-4-15(5-3-14)24-8-1-11-25(21,22)12-18(20)16(19)13-6-9-23-10-7-13/h2-5,13,20H,1,6-12H2. The minimum absolute atomic E-state index is 0.182. The Morgan fingerprint density at radius 2 is 1.92 bits per heavy atom. The van der Waals surface area contributed by atoms with Gasteiger partial charge in [-0.1, -0.05) is 11.6 Å². The lowest BCUT2D eigenvalue weighted by Gasteiger charge is -2.24. The van der Waals surface area contributed by atoms with Crippen molar-refractivity contribution >= 4 is 27.3 Å². The Bertz CT molecular complexity index is 658. The Balaban J connectivity index is 1.72. The number of rotatable bonds is 8. The molecule has 0 unspecified atom stereocenters. The van der Waals surface area contributed by atoms with Crippen molar-refractivity contribution in [3.8, 4) is 5.75 Å². The van der Waals surface area contributed by atoms with Gasteiger partial charge in [0, 0.05) is 24.2 Å². The topological polar surface area (TPSA) is 93.1 Å². The fourth-order valence-corrected chi connectivity index (χ4v) is 3.78. The van der Waals surface area contributed by atoms with Gasteiger partial charge < -0.3 is 9.47 Å². The molecule has 140 valence electrons. The summed E-state index contributed by atoms with van der Waals surface area (Å²) < 4.78 is 34.6. The van der Waals surface area contributed by atoms with Crippen LogP contribution in [0, 0.1) is 5.92 Å². The van der Waals surface area contributed by atoms with Gasteiger partial charge in [0.25, 0.3) is 0 Å². The smallest absolute Gasteiger partial charge is 0.250 e. The van der Waals surface area contributed by atoms with Gasteiger partial charge in [-0.3, -0.25) is 10.0 Å². The summed E-state index contributed by atoms with van der Waals surface area (Å²) in [6.45, 7) is 1.10. The highest BCUT2D eigenvalue weighted by molar-refractivity contribution is 7.91. The molecule has 9 heteroatoms. The van der Waals surface area contributed by atoms with Crippen LogP contribution >= 0.6 is 11.6 Å². The highest BCUT2D eigenvalue weighted by Gasteiger charge is 2.28. The molecule has 0 atom stereocenters. The maximum atomic E-state index is 12.0. The number of nitrogens with zero attached hydrogens (tertiary/aromatic N) is 1. The van der Waals surface area contributed by atoms with Crippen LogP contribution in [0.3, 0.4) is 0 Å². The summed E-state index contributed by atoms with van der Waals surface area (Å²) >= 11 is 5.77. The molecule has 1 amide bonds. The highest BCUT2D eigenvalue weighted by Crippen LogP contribution is 2.18. The molecule has 1 aromatic rings. The molecule has 1 aliphatic heterocycles. The first kappa shape index (κ1) is 20.0. The molecule has 2 rings (SSSR count). The van der Waals surface area contributed by atoms with Crippen molar-refractivity contribution in [3.63, 3.8) is 0 Å². The summed E-state index contributed by atoms with van der Waals surface area (Å²) in [6.07, 6.45) is 1.24. The van der Waals surface area contributed by atoms with Gasteiger partial charge in [-0.2, -0.15) is 0 Å². The average molecular weight is 392 g/mol. The molecule has 0 bridgehead atoms. The van der Waals surface area contributed by atoms with Crippen molar-refractivity contribution in [2.24, 2.45) is 5.92 Å². The van der Waals surface area contributed by atoms with Gasteiger partial charge in [0.05, 0.1) is 12.4 Å². The number of hydroxylamine groups is 2. The number of ether oxygens (including phenoxy) is 2. The number of halogens is 1. The Morgan fingerprint density at radius 3 is 2.56 bits per heavy atom. The predicted octanol–water partition coefficient (Wildman–Crippen LogP) is 2.13. The number of benzene rings is 1. The minimum Gasteiger partial charge on any atom is -0.494 e. The lowest BCUT2D eigenvalue weighted by atomic mass is 10.00. The molecule has 1 fully saturated rings. The fourth-order valence-electron chi connectivity index (χ4n) is 2.47. The zero-order chi connectivity index (χ0) is 18.3. The van der Waals surface area contributed by atoms with Crippen LogP contribution in [0.2, 0.25) is 5.02 Å². The number of carbonyl (C=O) groups excluding carboxylic acids is 1. The van der Waals surface area contributed by atoms with E-state index in [4.69, 9.17) is 21.1 Å². The normalized spacial score (nSPS) is 15.8. The van der Waals surface area contributed by atoms with Crippen molar-refractivity contribution in [1.29, 1.82) is 0 Å². The average Bonchev–Trinajstić information content (AvgIpc) is 2.60. The van der Waals surface area contributed by atoms with E-state index in [0.29, 0.717) is 41.9 Å². The van der Waals surface area contributed by atoms with Crippen molar-refractivity contribution < 1.29 is 27.9 Å². The van der Waals surface area contributed by atoms with Gasteiger partial charge in [0.1, 0.15) is 11.6 Å². The van der Waals surface area contributed by atoms with Crippen molar-refractivity contribution in [2.45, 2.75) is 19.3 Å². The Kier molecular flexibility index (Phi) is 7.49. The first-order valence-corrected chi connectivity index (χ1v) is 10.2. The number of amides is 1. The molecular formula is C16H22ClNO6S. The largest absolute Gasteiger partial charge is 0.494 e. The number of sulfone groups is 1. The van der Waals surface area contributed by atoms with Crippen LogP contribution in [0.15, 0.2) is 24.3 Å². The molecule has 0 saturated carbocycles. The summed E-state index contributed by atoms with van der Waals surface area (Å²) in [5.74, 6) is -1.24. The molecule has 0 aliphatic carbocycles. The van der Waals surface area contributed by atoms with Crippen LogP contribution in [0.25, 0.3) is 0 Å². The Morgan fingerprint density at radius 1 is 1.28 bits per heavy atom. The fraction of sp³-hybridized carbons (Fsp3) is 0.562. The molecule has 1 N–H and O–H groups in total. The van der Waals surface area contributed by atoms with Crippen molar-refractivity contribution in [3.05, 3.63) is 29.3 Å². The maximum Gasteiger partial charge on any atom is 0.250 e. The summed E-state index contributed by atoms with van der Waals surface area (Å²) in [5, 5.41) is 10.7. The van der Waals surface area contributed by atoms with E-state index in [1.807, 2.05) is 0 Å². The van der Waals surface area contributed by atoms with Gasteiger partial charge in [0.15, 0.2) is 9.84 Å². The van der Waals surface area contributed by atoms with Gasteiger partial charge in [-0.05, 0) is 43.5 Å². The summed E-state index contributed by atoms with van der Waals surface area (Å²) in [6, 6.07) is 6.75. The van der Waals surface area contributed by atoms with Crippen LogP contribution in [-0.4, -0.2) is 56.0 Å². The first-order valence-electron chi connectivity index (χ1n) is 8.04. The van der Waals surface area contributed by atoms with Gasteiger partial charge in [-0.15, -0.1) is 0 Å². The zero-order valence-corrected chi connectivity index (χ0v) is 15.3. The van der Waals surface area contributed by atoms with Crippen molar-refractivity contribution in [1.82, 2.24) is 5.06 Å². The molecule has 1 aromatic carbocycles. The molecule has 1 aliphatic rings. The predicted molar refractivity (Wildman–Crippen MR) is 92.4 cm³/mol. The third kappa shape index (κ3) is 6.81. The van der Waals surface area contributed by atoms with Gasteiger partial charge in [0.2, 0.25) is 5.91 Å². The third-order valence-electron chi connectivity index (χ3n) is 3.83. The molecule has 7 nitrogen and oxygen atoms in total. The Hall–Kier alpha value is -1.35. The van der Waals surface area contributed by atoms with Crippen LogP contribution in [0.1, 0.15) is 19.3 Å². The molecule has 0 spiro atoms. The summed E-state index contributed by atoms with van der Waals surface area (Å²) in [7, 11) is -3.60. The quantitative estimate of drug-likeness (QED) is 0.414. The van der Waals surface area contributed by atoms with Crippen LogP contribution in [0.5, 0.6) is 5.75 Å². The first-order chi connectivity index (χ1) is 11.9. The maximum absolute atomic E-state index is 12.0. The Labute approximate surface area is 152 Å². The third-order valence-corrected chi connectivity index (χ3v) is 5.63. The molecule has 1 heterocycles. The van der Waals surface area contributed by atoms with E-state index in [0.717, 1.165) is 0 Å². The second kappa shape index (κ2) is 9.38. The monoisotopic (exact) mass is 391 g/mol. The van der Waals surface area contributed by atoms with Crippen LogP contribution in [0.4, 0.5) is 0 Å². The van der Waals surface area contributed by atoms with Gasteiger partial charge >= 0.3 is 0 Å². The van der Waals surface area contributed by atoms with Gasteiger partial charge in [-0.25, -0.2) is 13.5 Å². The van der Waals surface area contributed by atoms with E-state index < -0.39 is 21.6 Å². The lowest BCUT2D eigenvalue weighted by Crippen LogP contribution is -2.39. The number of hydrogen-bond acceptors (Lipinski definition) is 6. The number of carbonyl (C=O) groups is 1. The van der Waals surface area contributed by atoms with E-state index in [1.54, 1.807) is 24.3 Å².